The van der Waals surface area contributed by atoms with Crippen LogP contribution in [0.3, 0.4) is 0 Å². The highest BCUT2D eigenvalue weighted by atomic mass is 32.2. The molecule has 0 heterocycles. The number of hydrogen-bond acceptors (Lipinski definition) is 2. The van der Waals surface area contributed by atoms with E-state index in [1.54, 1.807) is 0 Å². The zero-order valence-electron chi connectivity index (χ0n) is 8.46. The number of benzene rings is 1. The summed E-state index contributed by atoms with van der Waals surface area (Å²) in [6, 6.07) is 9.24. The molecule has 15 heavy (non-hydrogen) atoms. The summed E-state index contributed by atoms with van der Waals surface area (Å²) < 4.78 is 23.5. The second kappa shape index (κ2) is 4.77. The Hall–Kier alpha value is -0.870. The monoisotopic (exact) mass is 224 g/mol. The highest BCUT2D eigenvalue weighted by molar-refractivity contribution is 7.80. The van der Waals surface area contributed by atoms with Gasteiger partial charge in [-0.2, -0.15) is 0 Å². The topological polar surface area (TPSA) is 43.4 Å². The number of rotatable bonds is 5. The maximum absolute atomic E-state index is 11.1. The Morgan fingerprint density at radius 3 is 2.53 bits per heavy atom. The van der Waals surface area contributed by atoms with Gasteiger partial charge in [0.15, 0.2) is 0 Å². The van der Waals surface area contributed by atoms with E-state index in [2.05, 4.69) is 0 Å². The van der Waals surface area contributed by atoms with E-state index < -0.39 is 11.3 Å². The standard InChI is InChI=1S/C11H15NO2S/c13-15(14)12(9-8-10-6-7-10)11-4-2-1-3-5-11/h1-5,10H,6-9H2,(H,13,14)/p-1. The Morgan fingerprint density at radius 1 is 1.33 bits per heavy atom. The maximum atomic E-state index is 11.1. The van der Waals surface area contributed by atoms with Gasteiger partial charge in [-0.05, 0) is 24.5 Å². The molecule has 1 aliphatic carbocycles. The average Bonchev–Trinajstić information content (AvgIpc) is 3.03. The van der Waals surface area contributed by atoms with Crippen LogP contribution in [0.4, 0.5) is 5.69 Å². The molecule has 3 nitrogen and oxygen atoms in total. The minimum Gasteiger partial charge on any atom is -0.755 e. The number of anilines is 1. The van der Waals surface area contributed by atoms with Gasteiger partial charge in [0.1, 0.15) is 0 Å². The number of nitrogens with zero attached hydrogens (tertiary/aromatic N) is 1. The fourth-order valence-electron chi connectivity index (χ4n) is 1.59. The lowest BCUT2D eigenvalue weighted by molar-refractivity contribution is 0.529. The molecule has 0 amide bonds. The van der Waals surface area contributed by atoms with Gasteiger partial charge < -0.3 is 8.86 Å². The van der Waals surface area contributed by atoms with Crippen LogP contribution in [0.1, 0.15) is 19.3 Å². The van der Waals surface area contributed by atoms with E-state index in [9.17, 15) is 8.76 Å². The summed E-state index contributed by atoms with van der Waals surface area (Å²) in [5.74, 6) is 0.750. The minimum atomic E-state index is -2.16. The Balaban J connectivity index is 2.01. The summed E-state index contributed by atoms with van der Waals surface area (Å²) in [5.41, 5.74) is 0.756. The molecule has 0 saturated heterocycles. The zero-order chi connectivity index (χ0) is 10.7. The second-order valence-electron chi connectivity index (χ2n) is 3.89. The molecule has 1 aromatic rings. The fourth-order valence-corrected chi connectivity index (χ4v) is 2.14. The molecule has 0 N–H and O–H groups in total. The molecule has 82 valence electrons. The van der Waals surface area contributed by atoms with Crippen molar-refractivity contribution < 1.29 is 8.76 Å². The van der Waals surface area contributed by atoms with Crippen LogP contribution >= 0.6 is 0 Å². The van der Waals surface area contributed by atoms with Gasteiger partial charge in [-0.1, -0.05) is 31.0 Å². The first-order valence-corrected chi connectivity index (χ1v) is 6.22. The Morgan fingerprint density at radius 2 is 2.00 bits per heavy atom. The summed E-state index contributed by atoms with van der Waals surface area (Å²) >= 11 is -2.16. The molecule has 2 rings (SSSR count). The van der Waals surface area contributed by atoms with Gasteiger partial charge in [-0.15, -0.1) is 0 Å². The first-order valence-electron chi connectivity index (χ1n) is 5.19. The molecule has 4 heteroatoms. The average molecular weight is 224 g/mol. The first kappa shape index (κ1) is 10.6. The first-order chi connectivity index (χ1) is 7.27. The largest absolute Gasteiger partial charge is 0.755 e. The van der Waals surface area contributed by atoms with Gasteiger partial charge in [-0.25, -0.2) is 0 Å². The van der Waals surface area contributed by atoms with Crippen molar-refractivity contribution in [2.24, 2.45) is 5.92 Å². The van der Waals surface area contributed by atoms with Crippen molar-refractivity contribution in [3.63, 3.8) is 0 Å². The summed E-state index contributed by atoms with van der Waals surface area (Å²) in [7, 11) is 0. The number of hydrogen-bond donors (Lipinski definition) is 0. The summed E-state index contributed by atoms with van der Waals surface area (Å²) in [6.45, 7) is 0.602. The van der Waals surface area contributed by atoms with E-state index in [4.69, 9.17) is 0 Å². The van der Waals surface area contributed by atoms with Crippen molar-refractivity contribution in [3.8, 4) is 0 Å². The third-order valence-corrected chi connectivity index (χ3v) is 3.41. The van der Waals surface area contributed by atoms with Crippen molar-refractivity contribution >= 4 is 17.0 Å². The Labute approximate surface area is 92.5 Å². The highest BCUT2D eigenvalue weighted by Crippen LogP contribution is 2.33. The Kier molecular flexibility index (Phi) is 3.38. The number of para-hydroxylation sites is 1. The predicted molar refractivity (Wildman–Crippen MR) is 60.0 cm³/mol. The molecule has 0 bridgehead atoms. The highest BCUT2D eigenvalue weighted by Gasteiger charge is 2.22. The van der Waals surface area contributed by atoms with Gasteiger partial charge in [0.2, 0.25) is 0 Å². The van der Waals surface area contributed by atoms with Crippen molar-refractivity contribution in [1.82, 2.24) is 0 Å². The van der Waals surface area contributed by atoms with Crippen LogP contribution in [-0.2, 0) is 11.3 Å². The van der Waals surface area contributed by atoms with E-state index in [1.807, 2.05) is 30.3 Å². The molecule has 1 aliphatic rings. The third-order valence-electron chi connectivity index (χ3n) is 2.66. The molecule has 1 unspecified atom stereocenters. The maximum Gasteiger partial charge on any atom is 0.0482 e. The smallest absolute Gasteiger partial charge is 0.0482 e. The fraction of sp³-hybridized carbons (Fsp3) is 0.455. The van der Waals surface area contributed by atoms with E-state index in [1.165, 1.54) is 17.1 Å². The summed E-state index contributed by atoms with van der Waals surface area (Å²) in [5, 5.41) is 0. The van der Waals surface area contributed by atoms with Gasteiger partial charge in [0, 0.05) is 23.5 Å². The normalized spacial score (nSPS) is 17.4. The van der Waals surface area contributed by atoms with Crippen LogP contribution in [0.15, 0.2) is 30.3 Å². The quantitative estimate of drug-likeness (QED) is 0.719. The zero-order valence-corrected chi connectivity index (χ0v) is 9.28. The van der Waals surface area contributed by atoms with Crippen LogP contribution in [-0.4, -0.2) is 15.3 Å². The van der Waals surface area contributed by atoms with Crippen molar-refractivity contribution in [2.75, 3.05) is 10.8 Å². The van der Waals surface area contributed by atoms with E-state index in [0.29, 0.717) is 6.54 Å². The molecule has 0 aromatic heterocycles. The SMILES string of the molecule is O=S([O-])N(CCC1CC1)c1ccccc1. The molecule has 1 fully saturated rings. The van der Waals surface area contributed by atoms with E-state index in [0.717, 1.165) is 18.0 Å². The van der Waals surface area contributed by atoms with Crippen LogP contribution < -0.4 is 4.31 Å². The lowest BCUT2D eigenvalue weighted by Crippen LogP contribution is -2.26. The Bertz CT molecular complexity index is 338. The second-order valence-corrected chi connectivity index (χ2v) is 4.76. The molecular formula is C11H14NO2S-. The molecule has 1 atom stereocenters. The van der Waals surface area contributed by atoms with Crippen molar-refractivity contribution in [3.05, 3.63) is 30.3 Å². The molecule has 1 aromatic carbocycles. The minimum absolute atomic E-state index is 0.602. The molecule has 0 radical (unpaired) electrons. The molecule has 1 saturated carbocycles. The van der Waals surface area contributed by atoms with Gasteiger partial charge >= 0.3 is 0 Å². The van der Waals surface area contributed by atoms with Crippen molar-refractivity contribution in [2.45, 2.75) is 19.3 Å². The lowest BCUT2D eigenvalue weighted by atomic mass is 10.2. The predicted octanol–water partition coefficient (Wildman–Crippen LogP) is 2.09. The van der Waals surface area contributed by atoms with Crippen molar-refractivity contribution in [1.29, 1.82) is 0 Å². The van der Waals surface area contributed by atoms with Gasteiger partial charge in [0.25, 0.3) is 0 Å². The molecule has 0 spiro atoms. The lowest BCUT2D eigenvalue weighted by Gasteiger charge is -2.26. The van der Waals surface area contributed by atoms with Gasteiger partial charge in [-0.3, -0.25) is 4.21 Å². The molecular weight excluding hydrogens is 210 g/mol. The van der Waals surface area contributed by atoms with Gasteiger partial charge in [0.05, 0.1) is 0 Å². The van der Waals surface area contributed by atoms with E-state index in [-0.39, 0.29) is 0 Å². The summed E-state index contributed by atoms with van der Waals surface area (Å²) in [6.07, 6.45) is 3.49. The van der Waals surface area contributed by atoms with E-state index >= 15 is 0 Å². The van der Waals surface area contributed by atoms with Crippen LogP contribution in [0.25, 0.3) is 0 Å². The molecule has 0 aliphatic heterocycles. The third kappa shape index (κ3) is 3.04. The van der Waals surface area contributed by atoms with Crippen LogP contribution in [0.5, 0.6) is 0 Å². The van der Waals surface area contributed by atoms with Crippen LogP contribution in [0.2, 0.25) is 0 Å². The van der Waals surface area contributed by atoms with Crippen LogP contribution in [0, 0.1) is 5.92 Å². The summed E-state index contributed by atoms with van der Waals surface area (Å²) in [4.78, 5) is 0.